The molecule has 4 nitrogen and oxygen atoms in total. The van der Waals surface area contributed by atoms with E-state index in [9.17, 15) is 4.79 Å². The average Bonchev–Trinajstić information content (AvgIpc) is 2.86. The van der Waals surface area contributed by atoms with Gasteiger partial charge in [0, 0.05) is 25.2 Å². The molecule has 0 unspecified atom stereocenters. The molecule has 3 aliphatic heterocycles. The molecule has 0 aromatic carbocycles. The standard InChI is InChI=1S/C13H22N2O2/c1-13(2,3)17-12(16)15-10-4-5-11(15)9-7-14-6-8(9)10/h8-11,14H,4-7H2,1-3H3/t8-,9+,10-,11+. The first-order valence-corrected chi connectivity index (χ1v) is 6.69. The van der Waals surface area contributed by atoms with Gasteiger partial charge < -0.3 is 15.0 Å². The van der Waals surface area contributed by atoms with E-state index in [1.165, 1.54) is 0 Å². The summed E-state index contributed by atoms with van der Waals surface area (Å²) in [7, 11) is 0. The second kappa shape index (κ2) is 3.61. The van der Waals surface area contributed by atoms with Gasteiger partial charge in [0.2, 0.25) is 0 Å². The molecule has 1 amide bonds. The van der Waals surface area contributed by atoms with Gasteiger partial charge in [0.1, 0.15) is 5.60 Å². The van der Waals surface area contributed by atoms with Crippen molar-refractivity contribution in [2.45, 2.75) is 51.3 Å². The van der Waals surface area contributed by atoms with Crippen LogP contribution in [0.15, 0.2) is 0 Å². The van der Waals surface area contributed by atoms with E-state index in [1.807, 2.05) is 25.7 Å². The number of fused-ring (bicyclic) bond motifs is 5. The van der Waals surface area contributed by atoms with Crippen molar-refractivity contribution in [3.8, 4) is 0 Å². The number of hydrogen-bond acceptors (Lipinski definition) is 3. The molecule has 4 atom stereocenters. The minimum Gasteiger partial charge on any atom is -0.444 e. The molecule has 3 fully saturated rings. The van der Waals surface area contributed by atoms with Gasteiger partial charge in [-0.1, -0.05) is 0 Å². The maximum atomic E-state index is 12.2. The van der Waals surface area contributed by atoms with Crippen LogP contribution in [0.3, 0.4) is 0 Å². The fourth-order valence-corrected chi connectivity index (χ4v) is 3.85. The van der Waals surface area contributed by atoms with Crippen LogP contribution in [0.4, 0.5) is 4.79 Å². The molecule has 17 heavy (non-hydrogen) atoms. The van der Waals surface area contributed by atoms with Crippen molar-refractivity contribution in [3.05, 3.63) is 0 Å². The van der Waals surface area contributed by atoms with Gasteiger partial charge in [-0.2, -0.15) is 0 Å². The first kappa shape index (κ1) is 11.3. The average molecular weight is 238 g/mol. The van der Waals surface area contributed by atoms with Crippen LogP contribution in [-0.2, 0) is 4.74 Å². The molecule has 4 heteroatoms. The third kappa shape index (κ3) is 1.73. The lowest BCUT2D eigenvalue weighted by molar-refractivity contribution is 0.0195. The van der Waals surface area contributed by atoms with Crippen molar-refractivity contribution in [2.24, 2.45) is 11.8 Å². The summed E-state index contributed by atoms with van der Waals surface area (Å²) in [5.74, 6) is 1.34. The van der Waals surface area contributed by atoms with Crippen LogP contribution in [0, 0.1) is 11.8 Å². The Balaban J connectivity index is 1.75. The highest BCUT2D eigenvalue weighted by molar-refractivity contribution is 5.70. The van der Waals surface area contributed by atoms with E-state index in [-0.39, 0.29) is 11.7 Å². The maximum absolute atomic E-state index is 12.2. The Labute approximate surface area is 103 Å². The summed E-state index contributed by atoms with van der Waals surface area (Å²) >= 11 is 0. The number of carbonyl (C=O) groups is 1. The van der Waals surface area contributed by atoms with E-state index in [0.717, 1.165) is 25.9 Å². The zero-order valence-corrected chi connectivity index (χ0v) is 10.9. The quantitative estimate of drug-likeness (QED) is 0.697. The Kier molecular flexibility index (Phi) is 2.41. The predicted octanol–water partition coefficient (Wildman–Crippen LogP) is 1.60. The zero-order valence-electron chi connectivity index (χ0n) is 10.9. The van der Waals surface area contributed by atoms with Crippen LogP contribution >= 0.6 is 0 Å². The molecule has 0 aliphatic carbocycles. The number of nitrogens with zero attached hydrogens (tertiary/aromatic N) is 1. The molecular formula is C13H22N2O2. The number of nitrogens with one attached hydrogen (secondary N) is 1. The van der Waals surface area contributed by atoms with Crippen LogP contribution in [0.1, 0.15) is 33.6 Å². The summed E-state index contributed by atoms with van der Waals surface area (Å²) in [5.41, 5.74) is -0.382. The Morgan fingerprint density at radius 2 is 1.71 bits per heavy atom. The molecule has 3 saturated heterocycles. The third-order valence-corrected chi connectivity index (χ3v) is 4.38. The minimum absolute atomic E-state index is 0.0978. The second-order valence-corrected chi connectivity index (χ2v) is 6.59. The molecular weight excluding hydrogens is 216 g/mol. The molecule has 0 radical (unpaired) electrons. The highest BCUT2D eigenvalue weighted by Crippen LogP contribution is 2.47. The number of carbonyl (C=O) groups excluding carboxylic acids is 1. The highest BCUT2D eigenvalue weighted by Gasteiger charge is 2.57. The van der Waals surface area contributed by atoms with Crippen LogP contribution in [0.25, 0.3) is 0 Å². The Hall–Kier alpha value is -0.770. The Morgan fingerprint density at radius 3 is 2.18 bits per heavy atom. The van der Waals surface area contributed by atoms with Crippen molar-refractivity contribution in [1.82, 2.24) is 10.2 Å². The fraction of sp³-hybridized carbons (Fsp3) is 0.923. The van der Waals surface area contributed by atoms with E-state index in [1.54, 1.807) is 0 Å². The van der Waals surface area contributed by atoms with Gasteiger partial charge in [-0.25, -0.2) is 4.79 Å². The van der Waals surface area contributed by atoms with Crippen molar-refractivity contribution < 1.29 is 9.53 Å². The Bertz CT molecular complexity index is 319. The number of ether oxygens (including phenoxy) is 1. The van der Waals surface area contributed by atoms with Crippen LogP contribution in [0.5, 0.6) is 0 Å². The lowest BCUT2D eigenvalue weighted by Crippen LogP contribution is -2.42. The Morgan fingerprint density at radius 1 is 1.18 bits per heavy atom. The van der Waals surface area contributed by atoms with Gasteiger partial charge in [-0.3, -0.25) is 0 Å². The van der Waals surface area contributed by atoms with E-state index in [0.29, 0.717) is 23.9 Å². The number of rotatable bonds is 0. The van der Waals surface area contributed by atoms with Crippen molar-refractivity contribution in [2.75, 3.05) is 13.1 Å². The van der Waals surface area contributed by atoms with Crippen LogP contribution < -0.4 is 5.32 Å². The zero-order chi connectivity index (χ0) is 12.2. The smallest absolute Gasteiger partial charge is 0.410 e. The summed E-state index contributed by atoms with van der Waals surface area (Å²) in [4.78, 5) is 14.3. The fourth-order valence-electron chi connectivity index (χ4n) is 3.85. The number of amides is 1. The molecule has 0 saturated carbocycles. The molecule has 2 bridgehead atoms. The summed E-state index contributed by atoms with van der Waals surface area (Å²) < 4.78 is 5.53. The van der Waals surface area contributed by atoms with Gasteiger partial charge >= 0.3 is 6.09 Å². The molecule has 0 spiro atoms. The molecule has 1 N–H and O–H groups in total. The monoisotopic (exact) mass is 238 g/mol. The highest BCUT2D eigenvalue weighted by atomic mass is 16.6. The summed E-state index contributed by atoms with van der Waals surface area (Å²) in [6, 6.07) is 0.852. The molecule has 3 aliphatic rings. The summed E-state index contributed by atoms with van der Waals surface area (Å²) in [5, 5.41) is 3.45. The molecule has 3 rings (SSSR count). The first-order valence-electron chi connectivity index (χ1n) is 6.69. The summed E-state index contributed by atoms with van der Waals surface area (Å²) in [6.07, 6.45) is 2.22. The number of hydrogen-bond donors (Lipinski definition) is 1. The van der Waals surface area contributed by atoms with E-state index < -0.39 is 0 Å². The van der Waals surface area contributed by atoms with E-state index >= 15 is 0 Å². The summed E-state index contributed by atoms with van der Waals surface area (Å²) in [6.45, 7) is 7.96. The molecule has 0 aromatic heterocycles. The van der Waals surface area contributed by atoms with Crippen LogP contribution in [0.2, 0.25) is 0 Å². The second-order valence-electron chi connectivity index (χ2n) is 6.59. The lowest BCUT2D eigenvalue weighted by Gasteiger charge is -2.28. The SMILES string of the molecule is CC(C)(C)OC(=O)N1[C@@H]2CC[C@H]1[C@H]1CNC[C@H]12. The first-order chi connectivity index (χ1) is 7.97. The van der Waals surface area contributed by atoms with E-state index in [4.69, 9.17) is 4.74 Å². The largest absolute Gasteiger partial charge is 0.444 e. The van der Waals surface area contributed by atoms with Gasteiger partial charge in [-0.05, 0) is 45.4 Å². The van der Waals surface area contributed by atoms with Crippen LogP contribution in [-0.4, -0.2) is 41.8 Å². The predicted molar refractivity (Wildman–Crippen MR) is 64.7 cm³/mol. The molecule has 96 valence electrons. The lowest BCUT2D eigenvalue weighted by atomic mass is 9.82. The van der Waals surface area contributed by atoms with Gasteiger partial charge in [0.05, 0.1) is 0 Å². The van der Waals surface area contributed by atoms with Crippen molar-refractivity contribution in [1.29, 1.82) is 0 Å². The third-order valence-electron chi connectivity index (χ3n) is 4.38. The normalized spacial score (nSPS) is 39.6. The topological polar surface area (TPSA) is 41.6 Å². The van der Waals surface area contributed by atoms with Gasteiger partial charge in [0.15, 0.2) is 0 Å². The van der Waals surface area contributed by atoms with E-state index in [2.05, 4.69) is 5.32 Å². The minimum atomic E-state index is -0.382. The van der Waals surface area contributed by atoms with Crippen molar-refractivity contribution in [3.63, 3.8) is 0 Å². The van der Waals surface area contributed by atoms with Gasteiger partial charge in [-0.15, -0.1) is 0 Å². The van der Waals surface area contributed by atoms with Crippen molar-refractivity contribution >= 4 is 6.09 Å². The van der Waals surface area contributed by atoms with Gasteiger partial charge in [0.25, 0.3) is 0 Å². The maximum Gasteiger partial charge on any atom is 0.410 e. The molecule has 3 heterocycles. The molecule has 0 aromatic rings.